The molecule has 18 heavy (non-hydrogen) atoms. The van der Waals surface area contributed by atoms with Crippen LogP contribution in [0.5, 0.6) is 11.5 Å². The zero-order chi connectivity index (χ0) is 13.2. The summed E-state index contributed by atoms with van der Waals surface area (Å²) in [5.74, 6) is 1.60. The Bertz CT molecular complexity index is 349. The highest BCUT2D eigenvalue weighted by Gasteiger charge is 1.97. The minimum Gasteiger partial charge on any atom is -0.494 e. The first-order valence-electron chi connectivity index (χ1n) is 6.32. The minimum atomic E-state index is -0.0433. The van der Waals surface area contributed by atoms with Gasteiger partial charge in [-0.05, 0) is 30.7 Å². The van der Waals surface area contributed by atoms with Crippen molar-refractivity contribution in [1.29, 1.82) is 0 Å². The van der Waals surface area contributed by atoms with Gasteiger partial charge in [0.2, 0.25) is 5.91 Å². The number of unbranched alkanes of at least 4 members (excludes halogenated alkanes) is 1. The lowest BCUT2D eigenvalue weighted by atomic mass is 10.3. The Hall–Kier alpha value is -1.71. The Labute approximate surface area is 108 Å². The zero-order valence-corrected chi connectivity index (χ0v) is 11.1. The fraction of sp³-hybridized carbons (Fsp3) is 0.500. The van der Waals surface area contributed by atoms with Crippen LogP contribution in [-0.2, 0) is 4.79 Å². The third-order valence-corrected chi connectivity index (χ3v) is 2.34. The van der Waals surface area contributed by atoms with Gasteiger partial charge in [-0.3, -0.25) is 4.79 Å². The van der Waals surface area contributed by atoms with E-state index in [-0.39, 0.29) is 5.91 Å². The number of ether oxygens (including phenoxy) is 2. The van der Waals surface area contributed by atoms with Crippen LogP contribution in [0.25, 0.3) is 0 Å². The Morgan fingerprint density at radius 2 is 1.67 bits per heavy atom. The van der Waals surface area contributed by atoms with Crippen LogP contribution < -0.4 is 14.8 Å². The summed E-state index contributed by atoms with van der Waals surface area (Å²) >= 11 is 0. The number of rotatable bonds is 8. The highest BCUT2D eigenvalue weighted by molar-refractivity contribution is 5.72. The Morgan fingerprint density at radius 3 is 2.17 bits per heavy atom. The van der Waals surface area contributed by atoms with Gasteiger partial charge in [0.05, 0.1) is 13.2 Å². The normalized spacial score (nSPS) is 9.89. The van der Waals surface area contributed by atoms with Crippen LogP contribution in [0.2, 0.25) is 0 Å². The van der Waals surface area contributed by atoms with Crippen LogP contribution in [0.3, 0.4) is 0 Å². The molecular weight excluding hydrogens is 230 g/mol. The topological polar surface area (TPSA) is 47.6 Å². The average molecular weight is 251 g/mol. The van der Waals surface area contributed by atoms with Crippen molar-refractivity contribution in [1.82, 2.24) is 5.32 Å². The molecule has 0 aromatic heterocycles. The number of nitrogens with one attached hydrogen (secondary N) is 1. The van der Waals surface area contributed by atoms with Crippen molar-refractivity contribution in [3.05, 3.63) is 24.3 Å². The lowest BCUT2D eigenvalue weighted by Gasteiger charge is -2.08. The largest absolute Gasteiger partial charge is 0.494 e. The Balaban J connectivity index is 2.25. The maximum absolute atomic E-state index is 10.6. The summed E-state index contributed by atoms with van der Waals surface area (Å²) in [4.78, 5) is 10.6. The summed E-state index contributed by atoms with van der Waals surface area (Å²) in [6.07, 6.45) is 2.19. The lowest BCUT2D eigenvalue weighted by Crippen LogP contribution is -2.25. The summed E-state index contributed by atoms with van der Waals surface area (Å²) in [7, 11) is 0. The van der Waals surface area contributed by atoms with E-state index in [4.69, 9.17) is 9.47 Å². The second kappa shape index (κ2) is 8.39. The van der Waals surface area contributed by atoms with Crippen LogP contribution in [0.15, 0.2) is 24.3 Å². The summed E-state index contributed by atoms with van der Waals surface area (Å²) in [5.41, 5.74) is 0. The van der Waals surface area contributed by atoms with Crippen molar-refractivity contribution >= 4 is 5.91 Å². The summed E-state index contributed by atoms with van der Waals surface area (Å²) in [6.45, 7) is 5.36. The summed E-state index contributed by atoms with van der Waals surface area (Å²) in [5, 5.41) is 2.67. The third-order valence-electron chi connectivity index (χ3n) is 2.34. The average Bonchev–Trinajstić information content (AvgIpc) is 2.36. The third kappa shape index (κ3) is 6.13. The van der Waals surface area contributed by atoms with E-state index in [2.05, 4.69) is 12.2 Å². The van der Waals surface area contributed by atoms with E-state index < -0.39 is 0 Å². The van der Waals surface area contributed by atoms with Gasteiger partial charge in [-0.15, -0.1) is 0 Å². The molecule has 4 heteroatoms. The Kier molecular flexibility index (Phi) is 6.69. The lowest BCUT2D eigenvalue weighted by molar-refractivity contribution is -0.119. The fourth-order valence-electron chi connectivity index (χ4n) is 1.36. The molecule has 0 spiro atoms. The molecule has 1 rings (SSSR count). The minimum absolute atomic E-state index is 0.0433. The quantitative estimate of drug-likeness (QED) is 0.722. The molecule has 0 bridgehead atoms. The number of carbonyl (C=O) groups is 1. The van der Waals surface area contributed by atoms with Crippen molar-refractivity contribution < 1.29 is 14.3 Å². The molecule has 0 saturated heterocycles. The van der Waals surface area contributed by atoms with Crippen LogP contribution in [-0.4, -0.2) is 25.7 Å². The predicted molar refractivity (Wildman–Crippen MR) is 71.0 cm³/mol. The van der Waals surface area contributed by atoms with Crippen molar-refractivity contribution in [2.24, 2.45) is 0 Å². The van der Waals surface area contributed by atoms with Gasteiger partial charge in [0.25, 0.3) is 0 Å². The second-order valence-electron chi connectivity index (χ2n) is 4.00. The van der Waals surface area contributed by atoms with Gasteiger partial charge in [-0.1, -0.05) is 13.3 Å². The molecule has 0 atom stereocenters. The Morgan fingerprint density at radius 1 is 1.11 bits per heavy atom. The smallest absolute Gasteiger partial charge is 0.216 e. The van der Waals surface area contributed by atoms with Crippen LogP contribution in [0.1, 0.15) is 26.7 Å². The van der Waals surface area contributed by atoms with E-state index in [0.717, 1.165) is 30.9 Å². The van der Waals surface area contributed by atoms with Gasteiger partial charge < -0.3 is 14.8 Å². The van der Waals surface area contributed by atoms with Crippen LogP contribution in [0.4, 0.5) is 0 Å². The van der Waals surface area contributed by atoms with Gasteiger partial charge in [-0.2, -0.15) is 0 Å². The molecule has 1 aromatic carbocycles. The van der Waals surface area contributed by atoms with E-state index in [1.165, 1.54) is 6.92 Å². The molecule has 1 amide bonds. The van der Waals surface area contributed by atoms with Gasteiger partial charge in [0.1, 0.15) is 18.1 Å². The molecule has 0 fully saturated rings. The molecule has 1 aromatic rings. The summed E-state index contributed by atoms with van der Waals surface area (Å²) in [6, 6.07) is 7.52. The molecule has 1 N–H and O–H groups in total. The summed E-state index contributed by atoms with van der Waals surface area (Å²) < 4.78 is 11.0. The van der Waals surface area contributed by atoms with Gasteiger partial charge >= 0.3 is 0 Å². The molecule has 0 aliphatic rings. The maximum atomic E-state index is 10.6. The first kappa shape index (κ1) is 14.4. The number of hydrogen-bond acceptors (Lipinski definition) is 3. The second-order valence-corrected chi connectivity index (χ2v) is 4.00. The number of benzene rings is 1. The molecule has 0 radical (unpaired) electrons. The zero-order valence-electron chi connectivity index (χ0n) is 11.1. The molecule has 0 aliphatic heterocycles. The molecule has 0 heterocycles. The van der Waals surface area contributed by atoms with E-state index in [1.807, 2.05) is 24.3 Å². The van der Waals surface area contributed by atoms with E-state index in [1.54, 1.807) is 0 Å². The van der Waals surface area contributed by atoms with Crippen LogP contribution in [0, 0.1) is 0 Å². The van der Waals surface area contributed by atoms with Crippen molar-refractivity contribution in [2.75, 3.05) is 19.8 Å². The van der Waals surface area contributed by atoms with Crippen molar-refractivity contribution in [2.45, 2.75) is 26.7 Å². The highest BCUT2D eigenvalue weighted by Crippen LogP contribution is 2.17. The van der Waals surface area contributed by atoms with Crippen LogP contribution >= 0.6 is 0 Å². The first-order valence-corrected chi connectivity index (χ1v) is 6.32. The van der Waals surface area contributed by atoms with E-state index in [0.29, 0.717) is 13.2 Å². The molecule has 0 saturated carbocycles. The number of amides is 1. The van der Waals surface area contributed by atoms with Gasteiger partial charge in [0.15, 0.2) is 0 Å². The fourth-order valence-corrected chi connectivity index (χ4v) is 1.36. The molecule has 0 aliphatic carbocycles. The van der Waals surface area contributed by atoms with Crippen molar-refractivity contribution in [3.63, 3.8) is 0 Å². The van der Waals surface area contributed by atoms with Gasteiger partial charge in [0, 0.05) is 6.92 Å². The standard InChI is InChI=1S/C14H21NO3/c1-3-4-10-17-13-5-7-14(8-6-13)18-11-9-15-12(2)16/h5-8H,3-4,9-11H2,1-2H3,(H,15,16). The molecule has 0 unspecified atom stereocenters. The monoisotopic (exact) mass is 251 g/mol. The predicted octanol–water partition coefficient (Wildman–Crippen LogP) is 2.38. The molecule has 4 nitrogen and oxygen atoms in total. The van der Waals surface area contributed by atoms with Gasteiger partial charge in [-0.25, -0.2) is 0 Å². The van der Waals surface area contributed by atoms with E-state index >= 15 is 0 Å². The maximum Gasteiger partial charge on any atom is 0.216 e. The van der Waals surface area contributed by atoms with Crippen molar-refractivity contribution in [3.8, 4) is 11.5 Å². The van der Waals surface area contributed by atoms with E-state index in [9.17, 15) is 4.79 Å². The first-order chi connectivity index (χ1) is 8.72. The molecule has 100 valence electrons. The number of carbonyl (C=O) groups excluding carboxylic acids is 1. The SMILES string of the molecule is CCCCOc1ccc(OCCNC(C)=O)cc1. The molecular formula is C14H21NO3. The number of hydrogen-bond donors (Lipinski definition) is 1. The highest BCUT2D eigenvalue weighted by atomic mass is 16.5.